The van der Waals surface area contributed by atoms with Gasteiger partial charge in [0, 0.05) is 13.1 Å². The molecule has 0 bridgehead atoms. The molecular formula is C14H17NO4S. The maximum atomic E-state index is 12.4. The highest BCUT2D eigenvalue weighted by Gasteiger charge is 2.35. The highest BCUT2D eigenvalue weighted by Crippen LogP contribution is 2.31. The van der Waals surface area contributed by atoms with Crippen molar-refractivity contribution >= 4 is 10.0 Å². The van der Waals surface area contributed by atoms with Crippen LogP contribution in [0.2, 0.25) is 0 Å². The van der Waals surface area contributed by atoms with Gasteiger partial charge in [-0.2, -0.15) is 4.31 Å². The summed E-state index contributed by atoms with van der Waals surface area (Å²) >= 11 is 0. The van der Waals surface area contributed by atoms with Gasteiger partial charge in [-0.25, -0.2) is 8.42 Å². The fourth-order valence-corrected chi connectivity index (χ4v) is 3.32. The van der Waals surface area contributed by atoms with Crippen LogP contribution in [0.25, 0.3) is 0 Å². The number of hydrogen-bond donors (Lipinski definition) is 1. The number of benzene rings is 1. The lowest BCUT2D eigenvalue weighted by Gasteiger charge is -2.17. The highest BCUT2D eigenvalue weighted by molar-refractivity contribution is 7.89. The van der Waals surface area contributed by atoms with Crippen LogP contribution in [0.4, 0.5) is 0 Å². The molecular weight excluding hydrogens is 278 g/mol. The Morgan fingerprint density at radius 1 is 1.45 bits per heavy atom. The first-order chi connectivity index (χ1) is 9.50. The van der Waals surface area contributed by atoms with Crippen LogP contribution in [-0.2, 0) is 10.0 Å². The third-order valence-electron chi connectivity index (χ3n) is 3.21. The van der Waals surface area contributed by atoms with E-state index >= 15 is 0 Å². The molecule has 1 N–H and O–H groups in total. The molecule has 0 unspecified atom stereocenters. The van der Waals surface area contributed by atoms with Crippen LogP contribution >= 0.6 is 0 Å². The largest absolute Gasteiger partial charge is 0.495 e. The molecule has 5 nitrogen and oxygen atoms in total. The lowest BCUT2D eigenvalue weighted by atomic mass is 10.2. The van der Waals surface area contributed by atoms with Gasteiger partial charge < -0.3 is 9.84 Å². The molecule has 0 atom stereocenters. The van der Waals surface area contributed by atoms with Gasteiger partial charge in [0.1, 0.15) is 12.4 Å². The molecule has 108 valence electrons. The van der Waals surface area contributed by atoms with Crippen molar-refractivity contribution in [2.24, 2.45) is 0 Å². The summed E-state index contributed by atoms with van der Waals surface area (Å²) in [5, 5.41) is 8.75. The second kappa shape index (κ2) is 5.83. The molecule has 1 aliphatic carbocycles. The van der Waals surface area contributed by atoms with Crippen molar-refractivity contribution in [3.8, 4) is 17.6 Å². The van der Waals surface area contributed by atoms with Crippen molar-refractivity contribution in [2.75, 3.05) is 20.8 Å². The summed E-state index contributed by atoms with van der Waals surface area (Å²) in [6.45, 7) is -0.290. The molecule has 1 fully saturated rings. The zero-order valence-electron chi connectivity index (χ0n) is 11.5. The van der Waals surface area contributed by atoms with Gasteiger partial charge in [0.25, 0.3) is 0 Å². The summed E-state index contributed by atoms with van der Waals surface area (Å²) < 4.78 is 31.4. The average molecular weight is 295 g/mol. The van der Waals surface area contributed by atoms with E-state index < -0.39 is 10.0 Å². The number of ether oxygens (including phenoxy) is 1. The van der Waals surface area contributed by atoms with Crippen LogP contribution < -0.4 is 4.74 Å². The van der Waals surface area contributed by atoms with E-state index in [1.54, 1.807) is 13.1 Å². The van der Waals surface area contributed by atoms with Gasteiger partial charge in [-0.1, -0.05) is 11.8 Å². The first-order valence-corrected chi connectivity index (χ1v) is 7.70. The van der Waals surface area contributed by atoms with Gasteiger partial charge >= 0.3 is 0 Å². The first-order valence-electron chi connectivity index (χ1n) is 6.26. The van der Waals surface area contributed by atoms with Gasteiger partial charge in [0.05, 0.1) is 17.6 Å². The lowest BCUT2D eigenvalue weighted by molar-refractivity contribution is 0.350. The van der Waals surface area contributed by atoms with Crippen LogP contribution in [0.3, 0.4) is 0 Å². The Bertz CT molecular complexity index is 653. The van der Waals surface area contributed by atoms with Crippen molar-refractivity contribution < 1.29 is 18.3 Å². The molecule has 0 heterocycles. The number of hydrogen-bond acceptors (Lipinski definition) is 4. The predicted molar refractivity (Wildman–Crippen MR) is 74.9 cm³/mol. The molecule has 0 radical (unpaired) electrons. The maximum absolute atomic E-state index is 12.4. The van der Waals surface area contributed by atoms with Crippen LogP contribution in [0.5, 0.6) is 5.75 Å². The molecule has 0 aromatic heterocycles. The monoisotopic (exact) mass is 295 g/mol. The van der Waals surface area contributed by atoms with Gasteiger partial charge in [0.15, 0.2) is 0 Å². The van der Waals surface area contributed by atoms with Crippen molar-refractivity contribution in [3.63, 3.8) is 0 Å². The quantitative estimate of drug-likeness (QED) is 0.835. The van der Waals surface area contributed by atoms with Crippen molar-refractivity contribution in [2.45, 2.75) is 23.8 Å². The Morgan fingerprint density at radius 2 is 2.15 bits per heavy atom. The molecule has 0 spiro atoms. The molecule has 6 heteroatoms. The second-order valence-corrected chi connectivity index (χ2v) is 6.57. The number of aliphatic hydroxyl groups excluding tert-OH is 1. The molecule has 1 saturated carbocycles. The van der Waals surface area contributed by atoms with E-state index in [0.717, 1.165) is 12.8 Å². The summed E-state index contributed by atoms with van der Waals surface area (Å²) in [5.74, 6) is 5.69. The molecule has 1 aromatic rings. The lowest BCUT2D eigenvalue weighted by Crippen LogP contribution is -2.28. The smallest absolute Gasteiger partial charge is 0.243 e. The van der Waals surface area contributed by atoms with E-state index in [4.69, 9.17) is 9.84 Å². The number of aliphatic hydroxyl groups is 1. The van der Waals surface area contributed by atoms with Gasteiger partial charge in [-0.05, 0) is 31.0 Å². The fraction of sp³-hybridized carbons (Fsp3) is 0.429. The summed E-state index contributed by atoms with van der Waals surface area (Å²) in [7, 11) is -0.417. The van der Waals surface area contributed by atoms with E-state index in [2.05, 4.69) is 11.8 Å². The number of sulfonamides is 1. The minimum Gasteiger partial charge on any atom is -0.495 e. The Hall–Kier alpha value is -1.55. The topological polar surface area (TPSA) is 66.8 Å². The molecule has 2 rings (SSSR count). The van der Waals surface area contributed by atoms with Gasteiger partial charge in [0.2, 0.25) is 10.0 Å². The molecule has 1 aliphatic rings. The first kappa shape index (κ1) is 14.9. The minimum atomic E-state index is -3.50. The molecule has 0 saturated heterocycles. The van der Waals surface area contributed by atoms with Crippen molar-refractivity contribution in [1.82, 2.24) is 4.31 Å². The molecule has 0 aliphatic heterocycles. The summed E-state index contributed by atoms with van der Waals surface area (Å²) in [4.78, 5) is 0.190. The predicted octanol–water partition coefficient (Wildman–Crippen LogP) is 0.822. The number of nitrogens with zero attached hydrogens (tertiary/aromatic N) is 1. The summed E-state index contributed by atoms with van der Waals surface area (Å²) in [6, 6.07) is 4.68. The zero-order valence-corrected chi connectivity index (χ0v) is 12.3. The van der Waals surface area contributed by atoms with Crippen molar-refractivity contribution in [1.29, 1.82) is 0 Å². The van der Waals surface area contributed by atoms with E-state index in [-0.39, 0.29) is 17.5 Å². The highest BCUT2D eigenvalue weighted by atomic mass is 32.2. The number of methoxy groups -OCH3 is 1. The summed E-state index contributed by atoms with van der Waals surface area (Å²) in [5.41, 5.74) is 0.451. The van der Waals surface area contributed by atoms with Gasteiger partial charge in [-0.15, -0.1) is 0 Å². The molecule has 20 heavy (non-hydrogen) atoms. The third-order valence-corrected chi connectivity index (χ3v) is 5.12. The SMILES string of the molecule is COc1ccc(S(=O)(=O)N(C)C2CC2)cc1C#CCO. The normalized spacial score (nSPS) is 14.8. The van der Waals surface area contributed by atoms with E-state index in [9.17, 15) is 8.42 Å². The minimum absolute atomic E-state index is 0.106. The molecule has 1 aromatic carbocycles. The van der Waals surface area contributed by atoms with Crippen LogP contribution in [0.15, 0.2) is 23.1 Å². The Labute approximate surface area is 119 Å². The van der Waals surface area contributed by atoms with Crippen molar-refractivity contribution in [3.05, 3.63) is 23.8 Å². The fourth-order valence-electron chi connectivity index (χ4n) is 1.88. The van der Waals surface area contributed by atoms with Crippen LogP contribution in [-0.4, -0.2) is 44.6 Å². The van der Waals surface area contributed by atoms with E-state index in [1.807, 2.05) is 0 Å². The third kappa shape index (κ3) is 2.96. The maximum Gasteiger partial charge on any atom is 0.243 e. The molecule has 0 amide bonds. The average Bonchev–Trinajstić information content (AvgIpc) is 3.28. The standard InChI is InChI=1S/C14H17NO4S/c1-15(12-5-6-12)20(17,18)13-7-8-14(19-2)11(10-13)4-3-9-16/h7-8,10,12,16H,5-6,9H2,1-2H3. The Morgan fingerprint density at radius 3 is 2.70 bits per heavy atom. The number of rotatable bonds is 4. The second-order valence-electron chi connectivity index (χ2n) is 4.57. The Balaban J connectivity index is 2.42. The zero-order chi connectivity index (χ0) is 14.8. The van der Waals surface area contributed by atoms with E-state index in [0.29, 0.717) is 11.3 Å². The van der Waals surface area contributed by atoms with Crippen LogP contribution in [0, 0.1) is 11.8 Å². The van der Waals surface area contributed by atoms with Gasteiger partial charge in [-0.3, -0.25) is 0 Å². The summed E-state index contributed by atoms with van der Waals surface area (Å²) in [6.07, 6.45) is 1.81. The van der Waals surface area contributed by atoms with E-state index in [1.165, 1.54) is 23.5 Å². The Kier molecular flexibility index (Phi) is 4.33. The van der Waals surface area contributed by atoms with Crippen LogP contribution in [0.1, 0.15) is 18.4 Å².